The van der Waals surface area contributed by atoms with Crippen molar-refractivity contribution in [3.63, 3.8) is 0 Å². The first kappa shape index (κ1) is 22.7. The van der Waals surface area contributed by atoms with E-state index in [0.717, 1.165) is 42.4 Å². The van der Waals surface area contributed by atoms with Crippen molar-refractivity contribution < 1.29 is 9.32 Å². The van der Waals surface area contributed by atoms with E-state index in [2.05, 4.69) is 74.4 Å². The smallest absolute Gasteiger partial charge is 0.241 e. The van der Waals surface area contributed by atoms with Crippen LogP contribution in [0.15, 0.2) is 57.5 Å². The molecule has 1 N–H and O–H groups in total. The van der Waals surface area contributed by atoms with Crippen molar-refractivity contribution in [2.45, 2.75) is 45.7 Å². The van der Waals surface area contributed by atoms with E-state index in [4.69, 9.17) is 4.52 Å². The Kier molecular flexibility index (Phi) is 7.37. The van der Waals surface area contributed by atoms with Gasteiger partial charge in [0.2, 0.25) is 17.6 Å². The monoisotopic (exact) mass is 496 g/mol. The number of nitrogens with zero attached hydrogens (tertiary/aromatic N) is 3. The predicted octanol–water partition coefficient (Wildman–Crippen LogP) is 5.29. The summed E-state index contributed by atoms with van der Waals surface area (Å²) < 4.78 is 6.44. The van der Waals surface area contributed by atoms with Crippen molar-refractivity contribution in [2.75, 3.05) is 13.1 Å². The quantitative estimate of drug-likeness (QED) is 0.481. The summed E-state index contributed by atoms with van der Waals surface area (Å²) in [5.41, 5.74) is 3.32. The fraction of sp³-hybridized carbons (Fsp3) is 0.400. The van der Waals surface area contributed by atoms with Crippen molar-refractivity contribution >= 4 is 21.8 Å². The summed E-state index contributed by atoms with van der Waals surface area (Å²) in [6.07, 6.45) is 2.55. The van der Waals surface area contributed by atoms with E-state index in [-0.39, 0.29) is 17.9 Å². The maximum Gasteiger partial charge on any atom is 0.241 e. The van der Waals surface area contributed by atoms with Gasteiger partial charge in [-0.15, -0.1) is 0 Å². The molecule has 1 fully saturated rings. The van der Waals surface area contributed by atoms with Gasteiger partial charge in [0.25, 0.3) is 0 Å². The lowest BCUT2D eigenvalue weighted by Crippen LogP contribution is -2.41. The number of likely N-dealkylation sites (tertiary alicyclic amines) is 1. The maximum absolute atomic E-state index is 12.9. The van der Waals surface area contributed by atoms with Crippen molar-refractivity contribution in [2.24, 2.45) is 5.92 Å². The Labute approximate surface area is 197 Å². The summed E-state index contributed by atoms with van der Waals surface area (Å²) >= 11 is 3.47. The van der Waals surface area contributed by atoms with Crippen molar-refractivity contribution in [3.05, 3.63) is 70.0 Å². The van der Waals surface area contributed by atoms with Gasteiger partial charge >= 0.3 is 0 Å². The van der Waals surface area contributed by atoms with E-state index < -0.39 is 0 Å². The Morgan fingerprint density at radius 1 is 1.22 bits per heavy atom. The van der Waals surface area contributed by atoms with Crippen molar-refractivity contribution in [1.82, 2.24) is 20.4 Å². The SMILES string of the molecule is CCC(NC(=O)C1CCN(Cc2nc(-c3cccc(Br)c3)no2)CC1)c1ccc(C)cc1. The number of hydrogen-bond donors (Lipinski definition) is 1. The highest BCUT2D eigenvalue weighted by atomic mass is 79.9. The topological polar surface area (TPSA) is 71.3 Å². The van der Waals surface area contributed by atoms with Crippen LogP contribution in [0.25, 0.3) is 11.4 Å². The minimum absolute atomic E-state index is 0.0469. The van der Waals surface area contributed by atoms with Crippen LogP contribution in [0.3, 0.4) is 0 Å². The molecule has 4 rings (SSSR count). The highest BCUT2D eigenvalue weighted by Gasteiger charge is 2.27. The number of nitrogens with one attached hydrogen (secondary N) is 1. The first-order valence-electron chi connectivity index (χ1n) is 11.2. The minimum atomic E-state index is 0.0469. The number of carbonyl (C=O) groups excluding carboxylic acids is 1. The standard InChI is InChI=1S/C25H29BrN4O2/c1-3-22(18-9-7-17(2)8-10-18)27-25(31)19-11-13-30(14-12-19)16-23-28-24(29-32-23)20-5-4-6-21(26)15-20/h4-10,15,19,22H,3,11-14,16H2,1-2H3,(H,27,31). The largest absolute Gasteiger partial charge is 0.349 e. The number of halogens is 1. The van der Waals surface area contributed by atoms with Gasteiger partial charge in [-0.1, -0.05) is 70.0 Å². The van der Waals surface area contributed by atoms with Gasteiger partial charge in [0.05, 0.1) is 12.6 Å². The van der Waals surface area contributed by atoms with Crippen LogP contribution >= 0.6 is 15.9 Å². The molecule has 168 valence electrons. The molecule has 3 aromatic rings. The number of aromatic nitrogens is 2. The highest BCUT2D eigenvalue weighted by Crippen LogP contribution is 2.24. The third-order valence-electron chi connectivity index (χ3n) is 6.07. The van der Waals surface area contributed by atoms with Crippen LogP contribution in [0.1, 0.15) is 49.2 Å². The molecule has 1 aliphatic heterocycles. The molecule has 0 aliphatic carbocycles. The first-order chi connectivity index (χ1) is 15.5. The molecule has 1 atom stereocenters. The van der Waals surface area contributed by atoms with Gasteiger partial charge in [0, 0.05) is 16.0 Å². The lowest BCUT2D eigenvalue weighted by atomic mass is 9.94. The molecule has 1 aliphatic rings. The van der Waals surface area contributed by atoms with Crippen LogP contribution in [-0.2, 0) is 11.3 Å². The summed E-state index contributed by atoms with van der Waals surface area (Å²) in [6.45, 7) is 6.48. The fourth-order valence-electron chi connectivity index (χ4n) is 4.12. The number of carbonyl (C=O) groups is 1. The Hall–Kier alpha value is -2.51. The summed E-state index contributed by atoms with van der Waals surface area (Å²) in [4.78, 5) is 19.7. The molecule has 0 spiro atoms. The van der Waals surface area contributed by atoms with E-state index in [0.29, 0.717) is 18.3 Å². The first-order valence-corrected chi connectivity index (χ1v) is 12.0. The average Bonchev–Trinajstić information content (AvgIpc) is 3.27. The van der Waals surface area contributed by atoms with Crippen molar-refractivity contribution in [1.29, 1.82) is 0 Å². The molecule has 0 saturated carbocycles. The van der Waals surface area contributed by atoms with Gasteiger partial charge in [0.1, 0.15) is 0 Å². The predicted molar refractivity (Wildman–Crippen MR) is 128 cm³/mol. The molecular formula is C25H29BrN4O2. The molecule has 1 unspecified atom stereocenters. The van der Waals surface area contributed by atoms with E-state index >= 15 is 0 Å². The molecule has 2 aromatic carbocycles. The zero-order chi connectivity index (χ0) is 22.5. The molecule has 0 radical (unpaired) electrons. The number of benzene rings is 2. The van der Waals surface area contributed by atoms with Crippen LogP contribution in [0, 0.1) is 12.8 Å². The Morgan fingerprint density at radius 3 is 2.66 bits per heavy atom. The zero-order valence-corrected chi connectivity index (χ0v) is 20.1. The number of piperidine rings is 1. The normalized spacial score (nSPS) is 16.1. The van der Waals surface area contributed by atoms with Crippen molar-refractivity contribution in [3.8, 4) is 11.4 Å². The number of amides is 1. The molecule has 7 heteroatoms. The average molecular weight is 497 g/mol. The highest BCUT2D eigenvalue weighted by molar-refractivity contribution is 9.10. The Morgan fingerprint density at radius 2 is 1.97 bits per heavy atom. The molecule has 1 aromatic heterocycles. The van der Waals surface area contributed by atoms with Crippen LogP contribution in [0.4, 0.5) is 0 Å². The summed E-state index contributed by atoms with van der Waals surface area (Å²) in [7, 11) is 0. The second kappa shape index (κ2) is 10.4. The van der Waals surface area contributed by atoms with E-state index in [1.165, 1.54) is 11.1 Å². The van der Waals surface area contributed by atoms with Crippen LogP contribution in [-0.4, -0.2) is 34.0 Å². The van der Waals surface area contributed by atoms with Gasteiger partial charge in [-0.25, -0.2) is 0 Å². The zero-order valence-electron chi connectivity index (χ0n) is 18.6. The van der Waals surface area contributed by atoms with Gasteiger partial charge < -0.3 is 9.84 Å². The lowest BCUT2D eigenvalue weighted by molar-refractivity contribution is -0.127. The molecular weight excluding hydrogens is 468 g/mol. The molecule has 0 bridgehead atoms. The Balaban J connectivity index is 1.28. The minimum Gasteiger partial charge on any atom is -0.349 e. The van der Waals surface area contributed by atoms with Crippen LogP contribution < -0.4 is 5.32 Å². The van der Waals surface area contributed by atoms with E-state index in [1.54, 1.807) is 0 Å². The second-order valence-corrected chi connectivity index (χ2v) is 9.37. The Bertz CT molecular complexity index is 1040. The van der Waals surface area contributed by atoms with E-state index in [9.17, 15) is 4.79 Å². The molecule has 1 saturated heterocycles. The van der Waals surface area contributed by atoms with Gasteiger partial charge in [-0.05, 0) is 57.0 Å². The molecule has 1 amide bonds. The third kappa shape index (κ3) is 5.64. The number of aryl methyl sites for hydroxylation is 1. The van der Waals surface area contributed by atoms with Gasteiger partial charge in [-0.2, -0.15) is 4.98 Å². The second-order valence-electron chi connectivity index (χ2n) is 8.45. The summed E-state index contributed by atoms with van der Waals surface area (Å²) in [5.74, 6) is 1.41. The summed E-state index contributed by atoms with van der Waals surface area (Å²) in [5, 5.41) is 7.38. The van der Waals surface area contributed by atoms with E-state index in [1.807, 2.05) is 24.3 Å². The maximum atomic E-state index is 12.9. The van der Waals surface area contributed by atoms with Gasteiger partial charge in [0.15, 0.2) is 0 Å². The van der Waals surface area contributed by atoms with Gasteiger partial charge in [-0.3, -0.25) is 9.69 Å². The van der Waals surface area contributed by atoms with Crippen LogP contribution in [0.5, 0.6) is 0 Å². The lowest BCUT2D eigenvalue weighted by Gasteiger charge is -2.31. The number of rotatable bonds is 7. The molecule has 32 heavy (non-hydrogen) atoms. The number of hydrogen-bond acceptors (Lipinski definition) is 5. The third-order valence-corrected chi connectivity index (χ3v) is 6.57. The summed E-state index contributed by atoms with van der Waals surface area (Å²) in [6, 6.07) is 16.3. The fourth-order valence-corrected chi connectivity index (χ4v) is 4.52. The molecule has 2 heterocycles. The van der Waals surface area contributed by atoms with Crippen LogP contribution in [0.2, 0.25) is 0 Å². The molecule has 6 nitrogen and oxygen atoms in total.